The van der Waals surface area contributed by atoms with Gasteiger partial charge in [-0.2, -0.15) is 0 Å². The molecule has 1 atom stereocenters. The Labute approximate surface area is 89.5 Å². The predicted molar refractivity (Wildman–Crippen MR) is 61.3 cm³/mol. The van der Waals surface area contributed by atoms with E-state index >= 15 is 0 Å². The fourth-order valence-electron chi connectivity index (χ4n) is 1.45. The number of aliphatic carboxylic acids is 1. The van der Waals surface area contributed by atoms with Gasteiger partial charge in [-0.1, -0.05) is 44.2 Å². The highest BCUT2D eigenvalue weighted by atomic mass is 31.2. The van der Waals surface area contributed by atoms with Crippen LogP contribution < -0.4 is 5.30 Å². The number of carbonyl (C=O) groups is 1. The lowest BCUT2D eigenvalue weighted by molar-refractivity contribution is -0.134. The molecule has 0 amide bonds. The van der Waals surface area contributed by atoms with Crippen molar-refractivity contribution in [2.75, 3.05) is 6.16 Å². The smallest absolute Gasteiger partial charge is 0.311 e. The molecule has 82 valence electrons. The lowest BCUT2D eigenvalue weighted by Gasteiger charge is -2.20. The van der Waals surface area contributed by atoms with Gasteiger partial charge in [-0.15, -0.1) is 0 Å². The van der Waals surface area contributed by atoms with Crippen molar-refractivity contribution in [2.45, 2.75) is 19.5 Å². The third-order valence-corrected chi connectivity index (χ3v) is 5.98. The van der Waals surface area contributed by atoms with E-state index in [0.717, 1.165) is 0 Å². The van der Waals surface area contributed by atoms with Crippen LogP contribution in [0.2, 0.25) is 0 Å². The number of rotatable bonds is 4. The SMILES string of the molecule is CC(C)P(=O)(CC(=O)O)c1ccccc1. The first-order valence-corrected chi connectivity index (χ1v) is 6.79. The highest BCUT2D eigenvalue weighted by molar-refractivity contribution is 7.73. The fourth-order valence-corrected chi connectivity index (χ4v) is 3.68. The number of benzene rings is 1. The minimum atomic E-state index is -2.80. The van der Waals surface area contributed by atoms with Gasteiger partial charge in [0.25, 0.3) is 0 Å². The zero-order chi connectivity index (χ0) is 11.5. The van der Waals surface area contributed by atoms with Crippen molar-refractivity contribution in [2.24, 2.45) is 0 Å². The molecule has 0 aliphatic rings. The monoisotopic (exact) mass is 226 g/mol. The molecule has 1 aromatic carbocycles. The number of hydrogen-bond acceptors (Lipinski definition) is 2. The molecule has 1 unspecified atom stereocenters. The van der Waals surface area contributed by atoms with Gasteiger partial charge < -0.3 is 9.67 Å². The first-order chi connectivity index (χ1) is 6.97. The van der Waals surface area contributed by atoms with Crippen LogP contribution in [0.3, 0.4) is 0 Å². The molecule has 0 saturated carbocycles. The summed E-state index contributed by atoms with van der Waals surface area (Å²) >= 11 is 0. The van der Waals surface area contributed by atoms with Crippen LogP contribution in [0.15, 0.2) is 30.3 Å². The molecule has 1 N–H and O–H groups in total. The van der Waals surface area contributed by atoms with Crippen LogP contribution in [0, 0.1) is 0 Å². The van der Waals surface area contributed by atoms with Crippen LogP contribution in [0.25, 0.3) is 0 Å². The maximum atomic E-state index is 12.5. The zero-order valence-electron chi connectivity index (χ0n) is 8.88. The maximum absolute atomic E-state index is 12.5. The van der Waals surface area contributed by atoms with E-state index in [-0.39, 0.29) is 11.8 Å². The van der Waals surface area contributed by atoms with E-state index in [1.807, 2.05) is 6.07 Å². The quantitative estimate of drug-likeness (QED) is 0.800. The molecule has 0 fully saturated rings. The molecule has 4 heteroatoms. The van der Waals surface area contributed by atoms with Gasteiger partial charge in [-0.3, -0.25) is 4.79 Å². The van der Waals surface area contributed by atoms with E-state index in [4.69, 9.17) is 5.11 Å². The van der Waals surface area contributed by atoms with Crippen LogP contribution in [0.5, 0.6) is 0 Å². The van der Waals surface area contributed by atoms with E-state index in [9.17, 15) is 9.36 Å². The van der Waals surface area contributed by atoms with Crippen LogP contribution >= 0.6 is 7.14 Å². The summed E-state index contributed by atoms with van der Waals surface area (Å²) in [6, 6.07) is 8.88. The average molecular weight is 226 g/mol. The Morgan fingerprint density at radius 1 is 1.33 bits per heavy atom. The van der Waals surface area contributed by atoms with Crippen LogP contribution in [0.1, 0.15) is 13.8 Å². The second kappa shape index (κ2) is 4.63. The van der Waals surface area contributed by atoms with Crippen molar-refractivity contribution in [1.82, 2.24) is 0 Å². The number of hydrogen-bond donors (Lipinski definition) is 1. The van der Waals surface area contributed by atoms with Gasteiger partial charge in [0.05, 0.1) is 0 Å². The Bertz CT molecular complexity index is 384. The van der Waals surface area contributed by atoms with Gasteiger partial charge in [-0.25, -0.2) is 0 Å². The van der Waals surface area contributed by atoms with Gasteiger partial charge in [0.15, 0.2) is 0 Å². The standard InChI is InChI=1S/C11H15O3P/c1-9(2)15(14,8-11(12)13)10-6-4-3-5-7-10/h3-7,9H,8H2,1-2H3,(H,12,13). The molecule has 1 aromatic rings. The zero-order valence-corrected chi connectivity index (χ0v) is 9.78. The summed E-state index contributed by atoms with van der Waals surface area (Å²) in [7, 11) is -2.80. The molecule has 0 radical (unpaired) electrons. The predicted octanol–water partition coefficient (Wildman–Crippen LogP) is 2.17. The number of carboxylic acid groups (broad SMARTS) is 1. The summed E-state index contributed by atoms with van der Waals surface area (Å²) in [6.45, 7) is 3.60. The second-order valence-electron chi connectivity index (χ2n) is 3.78. The molecule has 0 aromatic heterocycles. The topological polar surface area (TPSA) is 54.4 Å². The van der Waals surface area contributed by atoms with E-state index in [1.54, 1.807) is 38.1 Å². The van der Waals surface area contributed by atoms with Gasteiger partial charge >= 0.3 is 5.97 Å². The van der Waals surface area contributed by atoms with Crippen LogP contribution in [-0.2, 0) is 9.36 Å². The maximum Gasteiger partial charge on any atom is 0.311 e. The molecule has 0 saturated heterocycles. The third-order valence-electron chi connectivity index (χ3n) is 2.40. The molecule has 1 rings (SSSR count). The lowest BCUT2D eigenvalue weighted by atomic mass is 10.4. The Hall–Kier alpha value is -1.08. The van der Waals surface area contributed by atoms with Gasteiger partial charge in [0, 0.05) is 11.0 Å². The normalized spacial score (nSPS) is 14.9. The van der Waals surface area contributed by atoms with Gasteiger partial charge in [0.1, 0.15) is 13.3 Å². The summed E-state index contributed by atoms with van der Waals surface area (Å²) in [5.41, 5.74) is -0.143. The Morgan fingerprint density at radius 2 is 1.87 bits per heavy atom. The molecule has 0 spiro atoms. The summed E-state index contributed by atoms with van der Waals surface area (Å²) in [5, 5.41) is 9.44. The first kappa shape index (κ1) is 12.0. The highest BCUT2D eigenvalue weighted by Crippen LogP contribution is 2.48. The summed E-state index contributed by atoms with van der Waals surface area (Å²) < 4.78 is 12.5. The first-order valence-electron chi connectivity index (χ1n) is 4.83. The molecule has 0 aliphatic heterocycles. The van der Waals surface area contributed by atoms with Gasteiger partial charge in [0.2, 0.25) is 0 Å². The highest BCUT2D eigenvalue weighted by Gasteiger charge is 2.31. The summed E-state index contributed by atoms with van der Waals surface area (Å²) in [4.78, 5) is 10.7. The van der Waals surface area contributed by atoms with Crippen molar-refractivity contribution < 1.29 is 14.5 Å². The molecule has 0 bridgehead atoms. The van der Waals surface area contributed by atoms with Crippen molar-refractivity contribution in [3.8, 4) is 0 Å². The number of carboxylic acids is 1. The Morgan fingerprint density at radius 3 is 2.27 bits per heavy atom. The summed E-state index contributed by atoms with van der Waals surface area (Å²) in [6.07, 6.45) is -0.269. The minimum absolute atomic E-state index is 0.143. The van der Waals surface area contributed by atoms with Crippen molar-refractivity contribution in [3.63, 3.8) is 0 Å². The molecular weight excluding hydrogens is 211 g/mol. The van der Waals surface area contributed by atoms with Crippen molar-refractivity contribution in [3.05, 3.63) is 30.3 Å². The average Bonchev–Trinajstić information content (AvgIpc) is 2.17. The van der Waals surface area contributed by atoms with E-state index in [0.29, 0.717) is 5.30 Å². The molecule has 3 nitrogen and oxygen atoms in total. The fraction of sp³-hybridized carbons (Fsp3) is 0.364. The lowest BCUT2D eigenvalue weighted by Crippen LogP contribution is -2.19. The minimum Gasteiger partial charge on any atom is -0.481 e. The van der Waals surface area contributed by atoms with Crippen LogP contribution in [0.4, 0.5) is 0 Å². The second-order valence-corrected chi connectivity index (χ2v) is 7.23. The molecule has 0 heterocycles. The Kier molecular flexibility index (Phi) is 3.70. The Balaban J connectivity index is 3.13. The molecule has 15 heavy (non-hydrogen) atoms. The summed E-state index contributed by atoms with van der Waals surface area (Å²) in [5.74, 6) is -1.00. The molecule has 0 aliphatic carbocycles. The largest absolute Gasteiger partial charge is 0.481 e. The molecular formula is C11H15O3P. The van der Waals surface area contributed by atoms with E-state index in [2.05, 4.69) is 0 Å². The van der Waals surface area contributed by atoms with Crippen LogP contribution in [-0.4, -0.2) is 22.9 Å². The van der Waals surface area contributed by atoms with Crippen molar-refractivity contribution >= 4 is 18.4 Å². The van der Waals surface area contributed by atoms with E-state index < -0.39 is 13.1 Å². The van der Waals surface area contributed by atoms with Crippen molar-refractivity contribution in [1.29, 1.82) is 0 Å². The third kappa shape index (κ3) is 2.69. The van der Waals surface area contributed by atoms with Gasteiger partial charge in [-0.05, 0) is 0 Å². The van der Waals surface area contributed by atoms with E-state index in [1.165, 1.54) is 0 Å².